The summed E-state index contributed by atoms with van der Waals surface area (Å²) in [7, 11) is 0. The van der Waals surface area contributed by atoms with E-state index in [1.807, 2.05) is 36.0 Å². The summed E-state index contributed by atoms with van der Waals surface area (Å²) < 4.78 is 0. The van der Waals surface area contributed by atoms with Crippen LogP contribution in [0.2, 0.25) is 0 Å². The number of thioether (sulfide) groups is 1. The molecule has 3 aromatic rings. The summed E-state index contributed by atoms with van der Waals surface area (Å²) in [5, 5.41) is 3.24. The van der Waals surface area contributed by atoms with Gasteiger partial charge in [0.1, 0.15) is 0 Å². The van der Waals surface area contributed by atoms with Crippen LogP contribution in [-0.4, -0.2) is 42.3 Å². The zero-order valence-electron chi connectivity index (χ0n) is 24.2. The molecule has 1 aliphatic heterocycles. The topological polar surface area (TPSA) is 49.4 Å². The van der Waals surface area contributed by atoms with Crippen LogP contribution in [0.5, 0.6) is 0 Å². The summed E-state index contributed by atoms with van der Waals surface area (Å²) in [5.74, 6) is 1.83. The zero-order valence-corrected chi connectivity index (χ0v) is 25.0. The van der Waals surface area contributed by atoms with Crippen LogP contribution in [0.1, 0.15) is 71.6 Å². The second kappa shape index (κ2) is 14.7. The molecule has 0 saturated heterocycles. The minimum absolute atomic E-state index is 0.00727. The molecule has 1 fully saturated rings. The lowest BCUT2D eigenvalue weighted by molar-refractivity contribution is -0.117. The van der Waals surface area contributed by atoms with E-state index in [2.05, 4.69) is 64.8 Å². The number of nitrogens with zero attached hydrogens (tertiary/aromatic N) is 1. The molecule has 1 saturated carbocycles. The molecule has 1 heterocycles. The molecule has 0 aromatic heterocycles. The van der Waals surface area contributed by atoms with Crippen molar-refractivity contribution in [1.82, 2.24) is 10.2 Å². The van der Waals surface area contributed by atoms with Gasteiger partial charge in [-0.05, 0) is 111 Å². The van der Waals surface area contributed by atoms with Gasteiger partial charge in [-0.1, -0.05) is 54.6 Å². The van der Waals surface area contributed by atoms with E-state index in [4.69, 9.17) is 0 Å². The number of carbonyl (C=O) groups excluding carboxylic acids is 2. The first kappa shape index (κ1) is 29.3. The molecule has 0 atom stereocenters. The highest BCUT2D eigenvalue weighted by molar-refractivity contribution is 7.98. The van der Waals surface area contributed by atoms with Crippen molar-refractivity contribution in [1.29, 1.82) is 0 Å². The summed E-state index contributed by atoms with van der Waals surface area (Å²) in [5.41, 5.74) is 5.94. The minimum Gasteiger partial charge on any atom is -0.350 e. The van der Waals surface area contributed by atoms with Gasteiger partial charge in [0.05, 0.1) is 0 Å². The van der Waals surface area contributed by atoms with Crippen LogP contribution < -0.4 is 5.32 Å². The molecular formula is C36H42N2O2S. The first-order valence-electron chi connectivity index (χ1n) is 15.1. The van der Waals surface area contributed by atoms with E-state index in [-0.39, 0.29) is 17.7 Å². The maximum atomic E-state index is 12.6. The Bertz CT molecular complexity index is 1340. The van der Waals surface area contributed by atoms with Crippen LogP contribution in [0.15, 0.2) is 83.8 Å². The van der Waals surface area contributed by atoms with Crippen LogP contribution in [0, 0.1) is 5.92 Å². The molecule has 0 spiro atoms. The molecule has 2 aliphatic rings. The molecule has 3 aromatic carbocycles. The number of Topliss-reactive ketones (excluding diaryl/α,β-unsaturated/α-hetero) is 1. The van der Waals surface area contributed by atoms with Crippen LogP contribution >= 0.6 is 11.8 Å². The highest BCUT2D eigenvalue weighted by atomic mass is 32.2. The van der Waals surface area contributed by atoms with Gasteiger partial charge in [0, 0.05) is 41.4 Å². The monoisotopic (exact) mass is 566 g/mol. The summed E-state index contributed by atoms with van der Waals surface area (Å²) in [6.45, 7) is 4.95. The first-order valence-corrected chi connectivity index (χ1v) is 16.1. The fraction of sp³-hybridized carbons (Fsp3) is 0.389. The number of fused-ring (bicyclic) bond motifs is 1. The van der Waals surface area contributed by atoms with Gasteiger partial charge in [0.25, 0.3) is 0 Å². The third-order valence-corrected chi connectivity index (χ3v) is 9.65. The normalized spacial score (nSPS) is 19.4. The highest BCUT2D eigenvalue weighted by Gasteiger charge is 2.23. The number of benzene rings is 3. The Morgan fingerprint density at radius 2 is 1.68 bits per heavy atom. The lowest BCUT2D eigenvalue weighted by atomic mass is 9.84. The fourth-order valence-corrected chi connectivity index (χ4v) is 6.96. The molecule has 1 aliphatic carbocycles. The SMILES string of the molecule is CC(=O)c1ccc2c(c1)CCN(CCC1CCC(NC(=O)C=Cc3cccc(SCc4ccccc4)c3)CC1)CC2. The number of rotatable bonds is 10. The maximum Gasteiger partial charge on any atom is 0.244 e. The summed E-state index contributed by atoms with van der Waals surface area (Å²) >= 11 is 1.81. The van der Waals surface area contributed by atoms with Crippen molar-refractivity contribution in [3.8, 4) is 0 Å². The third-order valence-electron chi connectivity index (χ3n) is 8.59. The Balaban J connectivity index is 1.01. The number of hydrogen-bond acceptors (Lipinski definition) is 4. The molecule has 5 rings (SSSR count). The van der Waals surface area contributed by atoms with Gasteiger partial charge in [-0.3, -0.25) is 9.59 Å². The molecule has 0 unspecified atom stereocenters. The Morgan fingerprint density at radius 1 is 0.902 bits per heavy atom. The Labute approximate surface area is 249 Å². The predicted molar refractivity (Wildman–Crippen MR) is 170 cm³/mol. The Hall–Kier alpha value is -3.15. The van der Waals surface area contributed by atoms with Gasteiger partial charge in [-0.2, -0.15) is 0 Å². The second-order valence-corrected chi connectivity index (χ2v) is 12.6. The van der Waals surface area contributed by atoms with Crippen LogP contribution in [0.25, 0.3) is 6.08 Å². The van der Waals surface area contributed by atoms with Gasteiger partial charge in [0.2, 0.25) is 5.91 Å². The largest absolute Gasteiger partial charge is 0.350 e. The molecule has 5 heteroatoms. The summed E-state index contributed by atoms with van der Waals surface area (Å²) in [6.07, 6.45) is 11.4. The predicted octanol–water partition coefficient (Wildman–Crippen LogP) is 7.36. The summed E-state index contributed by atoms with van der Waals surface area (Å²) in [4.78, 5) is 28.2. The molecule has 0 radical (unpaired) electrons. The van der Waals surface area contributed by atoms with Crippen molar-refractivity contribution in [3.05, 3.63) is 107 Å². The number of nitrogens with one attached hydrogen (secondary N) is 1. The van der Waals surface area contributed by atoms with Gasteiger partial charge >= 0.3 is 0 Å². The van der Waals surface area contributed by atoms with Crippen molar-refractivity contribution in [3.63, 3.8) is 0 Å². The van der Waals surface area contributed by atoms with Gasteiger partial charge in [-0.15, -0.1) is 11.8 Å². The fourth-order valence-electron chi connectivity index (χ4n) is 6.04. The van der Waals surface area contributed by atoms with Crippen LogP contribution in [-0.2, 0) is 23.4 Å². The molecule has 0 bridgehead atoms. The van der Waals surface area contributed by atoms with Crippen molar-refractivity contribution in [2.75, 3.05) is 19.6 Å². The number of ketones is 1. The van der Waals surface area contributed by atoms with E-state index >= 15 is 0 Å². The van der Waals surface area contributed by atoms with E-state index in [1.54, 1.807) is 13.0 Å². The average molecular weight is 567 g/mol. The van der Waals surface area contributed by atoms with E-state index in [9.17, 15) is 9.59 Å². The second-order valence-electron chi connectivity index (χ2n) is 11.6. The van der Waals surface area contributed by atoms with Gasteiger partial charge < -0.3 is 10.2 Å². The molecule has 1 amide bonds. The van der Waals surface area contributed by atoms with Crippen LogP contribution in [0.4, 0.5) is 0 Å². The molecule has 1 N–H and O–H groups in total. The molecule has 4 nitrogen and oxygen atoms in total. The lowest BCUT2D eigenvalue weighted by Gasteiger charge is -2.30. The maximum absolute atomic E-state index is 12.6. The minimum atomic E-state index is 0.00727. The molecule has 41 heavy (non-hydrogen) atoms. The molecule has 214 valence electrons. The third kappa shape index (κ3) is 8.92. The summed E-state index contributed by atoms with van der Waals surface area (Å²) in [6, 6.07) is 25.4. The Kier molecular flexibility index (Phi) is 10.5. The van der Waals surface area contributed by atoms with Crippen molar-refractivity contribution in [2.24, 2.45) is 5.92 Å². The van der Waals surface area contributed by atoms with Crippen molar-refractivity contribution in [2.45, 2.75) is 68.6 Å². The van der Waals surface area contributed by atoms with E-state index in [0.29, 0.717) is 0 Å². The van der Waals surface area contributed by atoms with Crippen molar-refractivity contribution >= 4 is 29.5 Å². The Morgan fingerprint density at radius 3 is 2.46 bits per heavy atom. The first-order chi connectivity index (χ1) is 20.0. The number of hydrogen-bond donors (Lipinski definition) is 1. The zero-order chi connectivity index (χ0) is 28.4. The molecular weight excluding hydrogens is 524 g/mol. The van der Waals surface area contributed by atoms with Crippen molar-refractivity contribution < 1.29 is 9.59 Å². The number of amides is 1. The quantitative estimate of drug-likeness (QED) is 0.158. The van der Waals surface area contributed by atoms with Gasteiger partial charge in [-0.25, -0.2) is 0 Å². The van der Waals surface area contributed by atoms with E-state index in [1.165, 1.54) is 40.8 Å². The smallest absolute Gasteiger partial charge is 0.244 e. The van der Waals surface area contributed by atoms with Crippen LogP contribution in [0.3, 0.4) is 0 Å². The van der Waals surface area contributed by atoms with Gasteiger partial charge in [0.15, 0.2) is 5.78 Å². The van der Waals surface area contributed by atoms with E-state index < -0.39 is 0 Å². The standard InChI is InChI=1S/C36H42N2O2S/c1-27(39)32-14-13-31-19-22-38(23-20-33(31)25-32)21-18-28-10-15-34(16-11-28)37-36(40)17-12-29-8-5-9-35(24-29)41-26-30-6-3-2-4-7-30/h2-9,12-14,17,24-25,28,34H,10-11,15-16,18-23,26H2,1H3,(H,37,40). The lowest BCUT2D eigenvalue weighted by Crippen LogP contribution is -2.37. The average Bonchev–Trinajstić information content (AvgIpc) is 3.21. The number of carbonyl (C=O) groups is 2. The van der Waals surface area contributed by atoms with E-state index in [0.717, 1.165) is 68.1 Å². The highest BCUT2D eigenvalue weighted by Crippen LogP contribution is 2.28.